The lowest BCUT2D eigenvalue weighted by molar-refractivity contribution is -0.00544. The SMILES string of the molecule is Cc1ccc(-c2cc(O)c3cc(C(=O)O)cc(O)c3c2)cc1C12CC3CC(CC(C3)C1)C2. The minimum absolute atomic E-state index is 0.0205. The van der Waals surface area contributed by atoms with Crippen molar-refractivity contribution >= 4 is 16.7 Å². The van der Waals surface area contributed by atoms with Crippen molar-refractivity contribution in [2.75, 3.05) is 0 Å². The van der Waals surface area contributed by atoms with Gasteiger partial charge in [0.25, 0.3) is 0 Å². The van der Waals surface area contributed by atoms with Crippen LogP contribution in [0.2, 0.25) is 0 Å². The van der Waals surface area contributed by atoms with E-state index in [0.29, 0.717) is 10.8 Å². The molecule has 4 bridgehead atoms. The number of carboxylic acid groups (broad SMARTS) is 1. The summed E-state index contributed by atoms with van der Waals surface area (Å²) in [7, 11) is 0. The Balaban J connectivity index is 1.47. The van der Waals surface area contributed by atoms with Crippen molar-refractivity contribution in [1.82, 2.24) is 0 Å². The second kappa shape index (κ2) is 6.74. The summed E-state index contributed by atoms with van der Waals surface area (Å²) in [6.07, 6.45) is 8.12. The highest BCUT2D eigenvalue weighted by Crippen LogP contribution is 2.61. The first-order valence-corrected chi connectivity index (χ1v) is 11.7. The Morgan fingerprint density at radius 1 is 0.812 bits per heavy atom. The van der Waals surface area contributed by atoms with Crippen molar-refractivity contribution in [1.29, 1.82) is 0 Å². The third-order valence-electron chi connectivity index (χ3n) is 8.45. The minimum atomic E-state index is -1.13. The van der Waals surface area contributed by atoms with Crippen LogP contribution in [-0.4, -0.2) is 21.3 Å². The van der Waals surface area contributed by atoms with Gasteiger partial charge in [-0.3, -0.25) is 0 Å². The van der Waals surface area contributed by atoms with Crippen molar-refractivity contribution < 1.29 is 20.1 Å². The molecule has 0 saturated heterocycles. The molecular weight excluding hydrogens is 400 g/mol. The number of aryl methyl sites for hydroxylation is 1. The predicted octanol–water partition coefficient (Wildman–Crippen LogP) is 6.39. The van der Waals surface area contributed by atoms with Crippen molar-refractivity contribution in [3.05, 3.63) is 59.2 Å². The first-order valence-electron chi connectivity index (χ1n) is 11.7. The monoisotopic (exact) mass is 428 g/mol. The van der Waals surface area contributed by atoms with Gasteiger partial charge in [-0.05, 0) is 115 Å². The number of rotatable bonds is 3. The van der Waals surface area contributed by atoms with Gasteiger partial charge in [-0.15, -0.1) is 0 Å². The Hall–Kier alpha value is -3.01. The van der Waals surface area contributed by atoms with E-state index in [4.69, 9.17) is 0 Å². The quantitative estimate of drug-likeness (QED) is 0.451. The van der Waals surface area contributed by atoms with Crippen LogP contribution in [0.1, 0.15) is 60.0 Å². The smallest absolute Gasteiger partial charge is 0.335 e. The van der Waals surface area contributed by atoms with Crippen LogP contribution in [0.15, 0.2) is 42.5 Å². The van der Waals surface area contributed by atoms with Gasteiger partial charge in [-0.1, -0.05) is 18.2 Å². The molecule has 0 radical (unpaired) electrons. The minimum Gasteiger partial charge on any atom is -0.507 e. The van der Waals surface area contributed by atoms with Gasteiger partial charge in [0.05, 0.1) is 5.56 Å². The molecule has 0 heterocycles. The van der Waals surface area contributed by atoms with E-state index in [-0.39, 0.29) is 22.5 Å². The highest BCUT2D eigenvalue weighted by molar-refractivity contribution is 6.01. The fourth-order valence-corrected chi connectivity index (χ4v) is 7.53. The van der Waals surface area contributed by atoms with Gasteiger partial charge in [0.15, 0.2) is 0 Å². The fourth-order valence-electron chi connectivity index (χ4n) is 7.53. The summed E-state index contributed by atoms with van der Waals surface area (Å²) in [5, 5.41) is 31.2. The van der Waals surface area contributed by atoms with Gasteiger partial charge in [0.1, 0.15) is 11.5 Å². The maximum Gasteiger partial charge on any atom is 0.335 e. The van der Waals surface area contributed by atoms with E-state index in [1.807, 2.05) is 6.07 Å². The van der Waals surface area contributed by atoms with E-state index in [9.17, 15) is 20.1 Å². The van der Waals surface area contributed by atoms with Crippen molar-refractivity contribution in [2.45, 2.75) is 50.9 Å². The van der Waals surface area contributed by atoms with E-state index in [1.165, 1.54) is 61.8 Å². The molecule has 4 nitrogen and oxygen atoms in total. The molecule has 7 rings (SSSR count). The van der Waals surface area contributed by atoms with E-state index in [1.54, 1.807) is 6.07 Å². The van der Waals surface area contributed by atoms with Crippen LogP contribution in [-0.2, 0) is 5.41 Å². The Morgan fingerprint density at radius 3 is 2.03 bits per heavy atom. The fraction of sp³-hybridized carbons (Fsp3) is 0.393. The maximum atomic E-state index is 11.3. The van der Waals surface area contributed by atoms with Crippen LogP contribution in [0, 0.1) is 24.7 Å². The molecule has 4 aliphatic carbocycles. The molecule has 3 N–H and O–H groups in total. The van der Waals surface area contributed by atoms with Crippen molar-refractivity contribution in [3.8, 4) is 22.6 Å². The third-order valence-corrected chi connectivity index (χ3v) is 8.45. The molecule has 0 atom stereocenters. The molecule has 4 saturated carbocycles. The van der Waals surface area contributed by atoms with Gasteiger partial charge in [0.2, 0.25) is 0 Å². The summed E-state index contributed by atoms with van der Waals surface area (Å²) in [6.45, 7) is 2.22. The van der Waals surface area contributed by atoms with Crippen LogP contribution in [0.3, 0.4) is 0 Å². The zero-order valence-corrected chi connectivity index (χ0v) is 18.3. The lowest BCUT2D eigenvalue weighted by Gasteiger charge is -2.57. The lowest BCUT2D eigenvalue weighted by Crippen LogP contribution is -2.48. The van der Waals surface area contributed by atoms with Crippen LogP contribution in [0.25, 0.3) is 21.9 Å². The summed E-state index contributed by atoms with van der Waals surface area (Å²) in [6, 6.07) is 12.8. The number of aromatic carboxylic acids is 1. The number of benzene rings is 3. The van der Waals surface area contributed by atoms with Gasteiger partial charge < -0.3 is 15.3 Å². The molecule has 0 spiro atoms. The highest BCUT2D eigenvalue weighted by Gasteiger charge is 2.51. The number of phenols is 2. The van der Waals surface area contributed by atoms with Gasteiger partial charge in [-0.25, -0.2) is 4.79 Å². The third kappa shape index (κ3) is 2.92. The zero-order chi connectivity index (χ0) is 22.2. The number of carboxylic acids is 1. The molecule has 3 aromatic carbocycles. The molecule has 0 amide bonds. The van der Waals surface area contributed by atoms with E-state index < -0.39 is 5.97 Å². The molecule has 3 aromatic rings. The molecule has 4 fully saturated rings. The number of aromatic hydroxyl groups is 2. The largest absolute Gasteiger partial charge is 0.507 e. The first-order chi connectivity index (χ1) is 15.3. The van der Waals surface area contributed by atoms with Gasteiger partial charge in [0, 0.05) is 10.8 Å². The lowest BCUT2D eigenvalue weighted by atomic mass is 9.47. The number of hydrogen-bond donors (Lipinski definition) is 3. The molecular formula is C28H28O4. The molecule has 4 heteroatoms. The topological polar surface area (TPSA) is 77.8 Å². The first kappa shape index (κ1) is 19.7. The Kier molecular flexibility index (Phi) is 4.14. The molecule has 4 aliphatic rings. The van der Waals surface area contributed by atoms with Gasteiger partial charge in [-0.2, -0.15) is 0 Å². The maximum absolute atomic E-state index is 11.3. The standard InChI is InChI=1S/C28H28O4/c1-15-2-3-19(9-24(15)28-12-16-4-17(13-28)6-18(5-16)14-28)20-7-22-23(25(29)10-20)8-21(27(31)32)11-26(22)30/h2-3,7-11,16-18,29-30H,4-6,12-14H2,1H3,(H,31,32). The number of fused-ring (bicyclic) bond motifs is 1. The normalized spacial score (nSPS) is 28.3. The molecule has 0 unspecified atom stereocenters. The van der Waals surface area contributed by atoms with Crippen LogP contribution in [0.5, 0.6) is 11.5 Å². The molecule has 32 heavy (non-hydrogen) atoms. The number of carbonyl (C=O) groups is 1. The molecule has 0 aliphatic heterocycles. The van der Waals surface area contributed by atoms with Crippen LogP contribution in [0.4, 0.5) is 0 Å². The highest BCUT2D eigenvalue weighted by atomic mass is 16.4. The summed E-state index contributed by atoms with van der Waals surface area (Å²) >= 11 is 0. The van der Waals surface area contributed by atoms with E-state index >= 15 is 0 Å². The number of hydrogen-bond acceptors (Lipinski definition) is 3. The Labute approximate surface area is 187 Å². The summed E-state index contributed by atoms with van der Waals surface area (Å²) < 4.78 is 0. The second-order valence-electron chi connectivity index (χ2n) is 10.6. The van der Waals surface area contributed by atoms with Crippen LogP contribution >= 0.6 is 0 Å². The Morgan fingerprint density at radius 2 is 1.41 bits per heavy atom. The molecule has 164 valence electrons. The van der Waals surface area contributed by atoms with Crippen molar-refractivity contribution in [3.63, 3.8) is 0 Å². The van der Waals surface area contributed by atoms with E-state index in [0.717, 1.165) is 28.9 Å². The summed E-state index contributed by atoms with van der Waals surface area (Å²) in [5.74, 6) is 1.32. The molecule has 0 aromatic heterocycles. The summed E-state index contributed by atoms with van der Waals surface area (Å²) in [4.78, 5) is 11.3. The average Bonchev–Trinajstić information content (AvgIpc) is 2.73. The van der Waals surface area contributed by atoms with Crippen molar-refractivity contribution in [2.24, 2.45) is 17.8 Å². The summed E-state index contributed by atoms with van der Waals surface area (Å²) in [5.41, 5.74) is 4.90. The van der Waals surface area contributed by atoms with E-state index in [2.05, 4.69) is 25.1 Å². The second-order valence-corrected chi connectivity index (χ2v) is 10.6. The average molecular weight is 429 g/mol. The predicted molar refractivity (Wildman–Crippen MR) is 124 cm³/mol. The van der Waals surface area contributed by atoms with Gasteiger partial charge >= 0.3 is 5.97 Å². The van der Waals surface area contributed by atoms with Crippen LogP contribution < -0.4 is 0 Å². The number of phenolic OH excluding ortho intramolecular Hbond substituents is 2. The zero-order valence-electron chi connectivity index (χ0n) is 18.3. The Bertz CT molecular complexity index is 1240.